The second-order valence-electron chi connectivity index (χ2n) is 9.62. The quantitative estimate of drug-likeness (QED) is 0.544. The van der Waals surface area contributed by atoms with E-state index in [2.05, 4.69) is 51.7 Å². The Kier molecular flexibility index (Phi) is 5.53. The van der Waals surface area contributed by atoms with Crippen molar-refractivity contribution in [3.8, 4) is 0 Å². The highest BCUT2D eigenvalue weighted by Crippen LogP contribution is 2.36. The summed E-state index contributed by atoms with van der Waals surface area (Å²) in [4.78, 5) is 14.0. The number of nitrogens with one attached hydrogen (secondary N) is 2. The summed E-state index contributed by atoms with van der Waals surface area (Å²) in [5, 5.41) is 6.92. The molecule has 1 aromatic carbocycles. The number of dihydropyridines is 1. The lowest BCUT2D eigenvalue weighted by Crippen LogP contribution is -2.49. The van der Waals surface area contributed by atoms with E-state index in [9.17, 15) is 8.78 Å². The number of benzene rings is 1. The van der Waals surface area contributed by atoms with E-state index < -0.39 is 12.0 Å². The Bertz CT molecular complexity index is 1240. The minimum atomic E-state index is -2.30. The van der Waals surface area contributed by atoms with Gasteiger partial charge in [0.1, 0.15) is 11.2 Å². The highest BCUT2D eigenvalue weighted by molar-refractivity contribution is 5.53. The standard InChI is InChI=1S/C26H29F2N7/c1-18(19-5-3-2-4-6-19)32-26(7-9-29-10-8-26)22-14-24-30-11-12-34(24)25(31-22)35-16-20-13-21(35)15-33(20)17-23(27)28/h2-12,14,18,20-21,23,29,32H,13,15-17H2,1H3. The Hall–Kier alpha value is -3.30. The molecular formula is C26H29F2N7. The van der Waals surface area contributed by atoms with Crippen molar-refractivity contribution < 1.29 is 8.78 Å². The average Bonchev–Trinajstić information content (AvgIpc) is 3.60. The normalized spacial score (nSPS) is 23.9. The molecule has 9 heteroatoms. The van der Waals surface area contributed by atoms with Crippen molar-refractivity contribution in [2.75, 3.05) is 24.5 Å². The van der Waals surface area contributed by atoms with Crippen molar-refractivity contribution in [2.24, 2.45) is 0 Å². The molecule has 5 heterocycles. The van der Waals surface area contributed by atoms with Crippen molar-refractivity contribution in [3.63, 3.8) is 0 Å². The van der Waals surface area contributed by atoms with Crippen LogP contribution in [0.15, 0.2) is 73.3 Å². The molecular weight excluding hydrogens is 448 g/mol. The number of hydrogen-bond donors (Lipinski definition) is 2. The van der Waals surface area contributed by atoms with Crippen LogP contribution in [0.4, 0.5) is 14.7 Å². The van der Waals surface area contributed by atoms with Crippen LogP contribution < -0.4 is 15.5 Å². The van der Waals surface area contributed by atoms with E-state index in [1.165, 1.54) is 5.56 Å². The first-order valence-electron chi connectivity index (χ1n) is 12.1. The fourth-order valence-corrected chi connectivity index (χ4v) is 5.71. The molecule has 2 saturated heterocycles. The average molecular weight is 478 g/mol. The first-order valence-corrected chi connectivity index (χ1v) is 12.1. The van der Waals surface area contributed by atoms with Crippen LogP contribution in [-0.4, -0.2) is 57.4 Å². The second kappa shape index (κ2) is 8.73. The third kappa shape index (κ3) is 3.98. The summed E-state index contributed by atoms with van der Waals surface area (Å²) in [6.07, 6.45) is 10.3. The fraction of sp³-hybridized carbons (Fsp3) is 0.385. The van der Waals surface area contributed by atoms with Crippen LogP contribution in [0.25, 0.3) is 5.65 Å². The van der Waals surface area contributed by atoms with Gasteiger partial charge in [-0.1, -0.05) is 30.3 Å². The van der Waals surface area contributed by atoms with E-state index in [-0.39, 0.29) is 24.7 Å². The maximum atomic E-state index is 13.0. The summed E-state index contributed by atoms with van der Waals surface area (Å²) in [5.41, 5.74) is 2.20. The zero-order chi connectivity index (χ0) is 24.0. The lowest BCUT2D eigenvalue weighted by Gasteiger charge is -2.37. The van der Waals surface area contributed by atoms with Crippen LogP contribution in [0.3, 0.4) is 0 Å². The highest BCUT2D eigenvalue weighted by Gasteiger charge is 2.45. The van der Waals surface area contributed by atoms with E-state index >= 15 is 0 Å². The number of piperazine rings is 1. The number of imidazole rings is 1. The Balaban J connectivity index is 1.37. The number of halogens is 2. The van der Waals surface area contributed by atoms with Gasteiger partial charge in [-0.2, -0.15) is 0 Å². The summed E-state index contributed by atoms with van der Waals surface area (Å²) in [6, 6.07) is 12.7. The molecule has 0 radical (unpaired) electrons. The van der Waals surface area contributed by atoms with Crippen LogP contribution in [-0.2, 0) is 5.54 Å². The predicted molar refractivity (Wildman–Crippen MR) is 131 cm³/mol. The first kappa shape index (κ1) is 22.2. The van der Waals surface area contributed by atoms with Gasteiger partial charge in [0.2, 0.25) is 5.95 Å². The number of nitrogens with zero attached hydrogens (tertiary/aromatic N) is 5. The van der Waals surface area contributed by atoms with E-state index in [0.717, 1.165) is 23.7 Å². The van der Waals surface area contributed by atoms with Gasteiger partial charge in [-0.05, 0) is 43.5 Å². The molecule has 0 saturated carbocycles. The zero-order valence-electron chi connectivity index (χ0n) is 19.6. The smallest absolute Gasteiger partial charge is 0.251 e. The molecule has 0 aliphatic carbocycles. The monoisotopic (exact) mass is 477 g/mol. The summed E-state index contributed by atoms with van der Waals surface area (Å²) >= 11 is 0. The van der Waals surface area contributed by atoms with E-state index in [1.807, 2.05) is 52.2 Å². The van der Waals surface area contributed by atoms with Crippen LogP contribution >= 0.6 is 0 Å². The molecule has 0 amide bonds. The van der Waals surface area contributed by atoms with Gasteiger partial charge in [0.15, 0.2) is 0 Å². The van der Waals surface area contributed by atoms with Crippen LogP contribution in [0, 0.1) is 0 Å². The summed E-state index contributed by atoms with van der Waals surface area (Å²) in [7, 11) is 0. The molecule has 35 heavy (non-hydrogen) atoms. The van der Waals surface area contributed by atoms with Crippen molar-refractivity contribution in [2.45, 2.75) is 43.4 Å². The van der Waals surface area contributed by atoms with Gasteiger partial charge in [-0.3, -0.25) is 14.6 Å². The van der Waals surface area contributed by atoms with Crippen molar-refractivity contribution >= 4 is 11.6 Å². The minimum Gasteiger partial charge on any atom is -0.368 e. The molecule has 3 aromatic rings. The topological polar surface area (TPSA) is 60.7 Å². The third-order valence-corrected chi connectivity index (χ3v) is 7.42. The largest absolute Gasteiger partial charge is 0.368 e. The van der Waals surface area contributed by atoms with E-state index in [4.69, 9.17) is 4.98 Å². The van der Waals surface area contributed by atoms with Crippen LogP contribution in [0.2, 0.25) is 0 Å². The van der Waals surface area contributed by atoms with Crippen LogP contribution in [0.1, 0.15) is 30.6 Å². The number of fused-ring (bicyclic) bond motifs is 3. The predicted octanol–water partition coefficient (Wildman–Crippen LogP) is 3.43. The molecule has 7 nitrogen and oxygen atoms in total. The lowest BCUT2D eigenvalue weighted by atomic mass is 9.91. The molecule has 2 aromatic heterocycles. The van der Waals surface area contributed by atoms with Gasteiger partial charge >= 0.3 is 0 Å². The third-order valence-electron chi connectivity index (χ3n) is 7.42. The van der Waals surface area contributed by atoms with Gasteiger partial charge in [0.05, 0.1) is 12.2 Å². The maximum absolute atomic E-state index is 13.0. The Morgan fingerprint density at radius 1 is 1.14 bits per heavy atom. The lowest BCUT2D eigenvalue weighted by molar-refractivity contribution is 0.0789. The number of alkyl halides is 2. The molecule has 2 bridgehead atoms. The fourth-order valence-electron chi connectivity index (χ4n) is 5.71. The number of aromatic nitrogens is 3. The molecule has 3 aliphatic heterocycles. The Morgan fingerprint density at radius 3 is 2.66 bits per heavy atom. The first-order chi connectivity index (χ1) is 17.0. The van der Waals surface area contributed by atoms with Crippen molar-refractivity contribution in [1.29, 1.82) is 0 Å². The zero-order valence-corrected chi connectivity index (χ0v) is 19.6. The van der Waals surface area contributed by atoms with E-state index in [0.29, 0.717) is 13.1 Å². The molecule has 182 valence electrons. The maximum Gasteiger partial charge on any atom is 0.251 e. The highest BCUT2D eigenvalue weighted by atomic mass is 19.3. The number of likely N-dealkylation sites (tertiary alicyclic amines) is 1. The molecule has 3 atom stereocenters. The minimum absolute atomic E-state index is 0.0653. The molecule has 3 aliphatic rings. The second-order valence-corrected chi connectivity index (χ2v) is 9.62. The Labute approximate surface area is 203 Å². The van der Waals surface area contributed by atoms with Gasteiger partial charge in [-0.15, -0.1) is 0 Å². The van der Waals surface area contributed by atoms with Gasteiger partial charge in [-0.25, -0.2) is 18.7 Å². The number of anilines is 1. The number of rotatable bonds is 7. The van der Waals surface area contributed by atoms with Crippen molar-refractivity contribution in [1.82, 2.24) is 29.9 Å². The van der Waals surface area contributed by atoms with E-state index in [1.54, 1.807) is 6.20 Å². The van der Waals surface area contributed by atoms with Gasteiger partial charge in [0, 0.05) is 49.7 Å². The van der Waals surface area contributed by atoms with Gasteiger partial charge < -0.3 is 10.2 Å². The van der Waals surface area contributed by atoms with Crippen LogP contribution in [0.5, 0.6) is 0 Å². The summed E-state index contributed by atoms with van der Waals surface area (Å²) < 4.78 is 28.0. The summed E-state index contributed by atoms with van der Waals surface area (Å²) in [5.74, 6) is 0.813. The molecule has 2 fully saturated rings. The Morgan fingerprint density at radius 2 is 1.94 bits per heavy atom. The SMILES string of the molecule is CC(NC1(c2cc3nccn3c(N3CC4CC3CN4CC(F)F)n2)C=CNC=C1)c1ccccc1. The van der Waals surface area contributed by atoms with Gasteiger partial charge in [0.25, 0.3) is 6.43 Å². The number of hydrogen-bond acceptors (Lipinski definition) is 6. The molecule has 3 unspecified atom stereocenters. The molecule has 6 rings (SSSR count). The molecule has 2 N–H and O–H groups in total. The van der Waals surface area contributed by atoms with Crippen molar-refractivity contribution in [3.05, 3.63) is 84.6 Å². The molecule has 0 spiro atoms. The summed E-state index contributed by atoms with van der Waals surface area (Å²) in [6.45, 7) is 3.31.